The molecule has 0 aliphatic carbocycles. The summed E-state index contributed by atoms with van der Waals surface area (Å²) in [5.41, 5.74) is 2.01. The molecular weight excluding hydrogens is 288 g/mol. The van der Waals surface area contributed by atoms with Crippen molar-refractivity contribution in [1.82, 2.24) is 14.8 Å². The predicted octanol–water partition coefficient (Wildman–Crippen LogP) is 2.07. The highest BCUT2D eigenvalue weighted by molar-refractivity contribution is 7.99. The second-order valence-electron chi connectivity index (χ2n) is 4.68. The number of thioether (sulfide) groups is 1. The number of carbonyl (C=O) groups is 1. The van der Waals surface area contributed by atoms with E-state index in [-0.39, 0.29) is 5.75 Å². The van der Waals surface area contributed by atoms with Crippen molar-refractivity contribution in [1.29, 1.82) is 0 Å². The van der Waals surface area contributed by atoms with Crippen molar-refractivity contribution in [3.8, 4) is 5.69 Å². The van der Waals surface area contributed by atoms with Crippen molar-refractivity contribution in [3.05, 3.63) is 30.1 Å². The largest absolute Gasteiger partial charge is 0.481 e. The molecule has 0 atom stereocenters. The Hall–Kier alpha value is -2.02. The van der Waals surface area contributed by atoms with E-state index in [1.165, 1.54) is 11.8 Å². The first-order chi connectivity index (χ1) is 10.0. The minimum Gasteiger partial charge on any atom is -0.481 e. The predicted molar refractivity (Wildman–Crippen MR) is 83.4 cm³/mol. The minimum absolute atomic E-state index is 0.0325. The molecule has 1 aromatic heterocycles. The molecule has 21 heavy (non-hydrogen) atoms. The fourth-order valence-electron chi connectivity index (χ4n) is 1.92. The third-order valence-corrected chi connectivity index (χ3v) is 3.86. The highest BCUT2D eigenvalue weighted by Gasteiger charge is 2.15. The number of nitrogens with zero attached hydrogens (tertiary/aromatic N) is 4. The Morgan fingerprint density at radius 2 is 2.14 bits per heavy atom. The van der Waals surface area contributed by atoms with Crippen LogP contribution in [0.3, 0.4) is 0 Å². The van der Waals surface area contributed by atoms with Crippen LogP contribution in [0.4, 0.5) is 5.69 Å². The number of hydrogen-bond donors (Lipinski definition) is 1. The van der Waals surface area contributed by atoms with Gasteiger partial charge in [0.15, 0.2) is 5.16 Å². The van der Waals surface area contributed by atoms with Crippen LogP contribution in [0.1, 0.15) is 12.7 Å². The number of aliphatic carboxylic acids is 1. The van der Waals surface area contributed by atoms with E-state index in [1.54, 1.807) is 0 Å². The van der Waals surface area contributed by atoms with Crippen LogP contribution >= 0.6 is 11.8 Å². The molecule has 0 aliphatic heterocycles. The zero-order valence-electron chi connectivity index (χ0n) is 12.3. The number of aryl methyl sites for hydroxylation is 1. The lowest BCUT2D eigenvalue weighted by molar-refractivity contribution is -0.133. The van der Waals surface area contributed by atoms with Gasteiger partial charge in [0, 0.05) is 26.2 Å². The average molecular weight is 306 g/mol. The second kappa shape index (κ2) is 6.62. The van der Waals surface area contributed by atoms with Crippen molar-refractivity contribution in [3.63, 3.8) is 0 Å². The van der Waals surface area contributed by atoms with Crippen LogP contribution in [-0.2, 0) is 11.2 Å². The molecule has 1 N–H and O–H groups in total. The highest BCUT2D eigenvalue weighted by Crippen LogP contribution is 2.24. The Morgan fingerprint density at radius 3 is 2.76 bits per heavy atom. The van der Waals surface area contributed by atoms with Gasteiger partial charge in [-0.2, -0.15) is 0 Å². The topological polar surface area (TPSA) is 71.2 Å². The van der Waals surface area contributed by atoms with Crippen LogP contribution in [-0.4, -0.2) is 45.7 Å². The van der Waals surface area contributed by atoms with Crippen LogP contribution in [0.15, 0.2) is 29.4 Å². The SMILES string of the molecule is CCc1nnc(SCC(=O)O)n1-c1cccc(N(C)C)c1. The maximum atomic E-state index is 10.8. The van der Waals surface area contributed by atoms with Gasteiger partial charge in [0.05, 0.1) is 11.4 Å². The lowest BCUT2D eigenvalue weighted by Crippen LogP contribution is -2.10. The summed E-state index contributed by atoms with van der Waals surface area (Å²) in [6, 6.07) is 7.99. The summed E-state index contributed by atoms with van der Waals surface area (Å²) in [6.45, 7) is 2.00. The van der Waals surface area contributed by atoms with Crippen LogP contribution in [0.25, 0.3) is 5.69 Å². The summed E-state index contributed by atoms with van der Waals surface area (Å²) in [6.07, 6.45) is 0.729. The zero-order chi connectivity index (χ0) is 15.4. The molecule has 0 aliphatic rings. The summed E-state index contributed by atoms with van der Waals surface area (Å²) >= 11 is 1.18. The number of anilines is 1. The molecule has 2 aromatic rings. The fourth-order valence-corrected chi connectivity index (χ4v) is 2.61. The van der Waals surface area contributed by atoms with Crippen molar-refractivity contribution < 1.29 is 9.90 Å². The molecule has 0 fully saturated rings. The van der Waals surface area contributed by atoms with Crippen LogP contribution < -0.4 is 4.90 Å². The molecule has 0 unspecified atom stereocenters. The molecule has 0 bridgehead atoms. The molecule has 0 amide bonds. The van der Waals surface area contributed by atoms with E-state index >= 15 is 0 Å². The number of rotatable bonds is 6. The molecule has 0 saturated heterocycles. The van der Waals surface area contributed by atoms with Gasteiger partial charge in [-0.15, -0.1) is 10.2 Å². The standard InChI is InChI=1S/C14H18N4O2S/c1-4-12-15-16-14(21-9-13(19)20)18(12)11-7-5-6-10(8-11)17(2)3/h5-8H,4,9H2,1-3H3,(H,19,20). The molecule has 0 spiro atoms. The monoisotopic (exact) mass is 306 g/mol. The van der Waals surface area contributed by atoms with Gasteiger partial charge in [0.1, 0.15) is 5.82 Å². The third kappa shape index (κ3) is 3.55. The van der Waals surface area contributed by atoms with Gasteiger partial charge in [-0.05, 0) is 18.2 Å². The number of benzene rings is 1. The summed E-state index contributed by atoms with van der Waals surface area (Å²) in [5.74, 6) is -0.0803. The molecule has 7 heteroatoms. The number of hydrogen-bond acceptors (Lipinski definition) is 5. The van der Waals surface area contributed by atoms with Gasteiger partial charge in [-0.25, -0.2) is 0 Å². The average Bonchev–Trinajstić information content (AvgIpc) is 2.88. The van der Waals surface area contributed by atoms with E-state index in [4.69, 9.17) is 5.11 Å². The normalized spacial score (nSPS) is 10.6. The lowest BCUT2D eigenvalue weighted by atomic mass is 10.2. The van der Waals surface area contributed by atoms with Crippen molar-refractivity contribution in [2.75, 3.05) is 24.7 Å². The Morgan fingerprint density at radius 1 is 1.38 bits per heavy atom. The smallest absolute Gasteiger partial charge is 0.313 e. The zero-order valence-corrected chi connectivity index (χ0v) is 13.1. The molecular formula is C14H18N4O2S. The van der Waals surface area contributed by atoms with Gasteiger partial charge in [0.2, 0.25) is 0 Å². The Balaban J connectivity index is 2.43. The van der Waals surface area contributed by atoms with Crippen molar-refractivity contribution in [2.45, 2.75) is 18.5 Å². The Kier molecular flexibility index (Phi) is 4.85. The lowest BCUT2D eigenvalue weighted by Gasteiger charge is -2.15. The van der Waals surface area contributed by atoms with Crippen LogP contribution in [0.2, 0.25) is 0 Å². The van der Waals surface area contributed by atoms with Crippen molar-refractivity contribution in [2.24, 2.45) is 0 Å². The van der Waals surface area contributed by atoms with E-state index in [9.17, 15) is 4.79 Å². The van der Waals surface area contributed by atoms with Crippen LogP contribution in [0, 0.1) is 0 Å². The van der Waals surface area contributed by atoms with Gasteiger partial charge < -0.3 is 10.0 Å². The van der Waals surface area contributed by atoms with Gasteiger partial charge in [-0.1, -0.05) is 24.8 Å². The quantitative estimate of drug-likeness (QED) is 0.824. The first-order valence-electron chi connectivity index (χ1n) is 6.59. The summed E-state index contributed by atoms with van der Waals surface area (Å²) in [5, 5.41) is 17.7. The van der Waals surface area contributed by atoms with Gasteiger partial charge >= 0.3 is 5.97 Å². The minimum atomic E-state index is -0.866. The van der Waals surface area contributed by atoms with Crippen LogP contribution in [0.5, 0.6) is 0 Å². The van der Waals surface area contributed by atoms with E-state index < -0.39 is 5.97 Å². The first kappa shape index (κ1) is 15.4. The molecule has 112 valence electrons. The van der Waals surface area contributed by atoms with E-state index in [0.717, 1.165) is 23.6 Å². The van der Waals surface area contributed by atoms with Gasteiger partial charge in [-0.3, -0.25) is 9.36 Å². The summed E-state index contributed by atoms with van der Waals surface area (Å²) in [4.78, 5) is 12.8. The molecule has 1 heterocycles. The van der Waals surface area contributed by atoms with E-state index in [2.05, 4.69) is 10.2 Å². The number of aromatic nitrogens is 3. The third-order valence-electron chi connectivity index (χ3n) is 2.95. The molecule has 0 saturated carbocycles. The van der Waals surface area contributed by atoms with Crippen molar-refractivity contribution >= 4 is 23.4 Å². The maximum Gasteiger partial charge on any atom is 0.313 e. The molecule has 2 rings (SSSR count). The Labute approximate surface area is 127 Å². The summed E-state index contributed by atoms with van der Waals surface area (Å²) < 4.78 is 1.92. The van der Waals surface area contributed by atoms with E-state index in [1.807, 2.05) is 54.8 Å². The molecule has 0 radical (unpaired) electrons. The number of carboxylic acids is 1. The number of carboxylic acid groups (broad SMARTS) is 1. The summed E-state index contributed by atoms with van der Waals surface area (Å²) in [7, 11) is 3.96. The van der Waals surface area contributed by atoms with Gasteiger partial charge in [0.25, 0.3) is 0 Å². The maximum absolute atomic E-state index is 10.8. The second-order valence-corrected chi connectivity index (χ2v) is 5.63. The van der Waals surface area contributed by atoms with E-state index in [0.29, 0.717) is 5.16 Å². The molecule has 6 nitrogen and oxygen atoms in total. The Bertz CT molecular complexity index is 640. The molecule has 1 aromatic carbocycles. The first-order valence-corrected chi connectivity index (χ1v) is 7.58. The highest BCUT2D eigenvalue weighted by atomic mass is 32.2. The fraction of sp³-hybridized carbons (Fsp3) is 0.357.